The molecule has 0 unspecified atom stereocenters. The van der Waals surface area contributed by atoms with Crippen LogP contribution >= 0.6 is 0 Å². The van der Waals surface area contributed by atoms with E-state index in [9.17, 15) is 0 Å². The van der Waals surface area contributed by atoms with E-state index >= 15 is 0 Å². The molecular weight excluding hydrogens is 162 g/mol. The molecule has 0 saturated carbocycles. The van der Waals surface area contributed by atoms with Gasteiger partial charge in [0.05, 0.1) is 13.2 Å². The molecule has 2 heteroatoms. The third-order valence-corrected chi connectivity index (χ3v) is 3.04. The number of rotatable bonds is 6. The van der Waals surface area contributed by atoms with Crippen molar-refractivity contribution in [3.63, 3.8) is 0 Å². The molecule has 1 aliphatic heterocycles. The Morgan fingerprint density at radius 2 is 1.92 bits per heavy atom. The Morgan fingerprint density at radius 3 is 2.31 bits per heavy atom. The van der Waals surface area contributed by atoms with Crippen molar-refractivity contribution in [2.45, 2.75) is 33.6 Å². The summed E-state index contributed by atoms with van der Waals surface area (Å²) in [6.07, 6.45) is 2.58. The van der Waals surface area contributed by atoms with Crippen LogP contribution in [0.2, 0.25) is 0 Å². The van der Waals surface area contributed by atoms with E-state index in [0.717, 1.165) is 25.7 Å². The van der Waals surface area contributed by atoms with Gasteiger partial charge in [-0.1, -0.05) is 33.6 Å². The molecule has 1 heterocycles. The second-order valence-electron chi connectivity index (χ2n) is 4.62. The molecule has 0 aromatic carbocycles. The van der Waals surface area contributed by atoms with Gasteiger partial charge in [-0.2, -0.15) is 0 Å². The van der Waals surface area contributed by atoms with Crippen LogP contribution in [0.1, 0.15) is 33.6 Å². The Hall–Kier alpha value is -0.0800. The summed E-state index contributed by atoms with van der Waals surface area (Å²) in [5.41, 5.74) is 0.423. The molecule has 1 N–H and O–H groups in total. The molecular formula is C11H23NO. The average Bonchev–Trinajstić information content (AvgIpc) is 2.10. The van der Waals surface area contributed by atoms with E-state index in [1.807, 2.05) is 0 Å². The van der Waals surface area contributed by atoms with Crippen molar-refractivity contribution >= 4 is 0 Å². The highest BCUT2D eigenvalue weighted by Gasteiger charge is 2.32. The van der Waals surface area contributed by atoms with Gasteiger partial charge in [0.2, 0.25) is 0 Å². The first kappa shape index (κ1) is 11.0. The molecule has 0 aliphatic carbocycles. The van der Waals surface area contributed by atoms with Crippen LogP contribution in [0.15, 0.2) is 0 Å². The van der Waals surface area contributed by atoms with Crippen molar-refractivity contribution < 1.29 is 4.74 Å². The van der Waals surface area contributed by atoms with Gasteiger partial charge in [-0.3, -0.25) is 0 Å². The molecule has 0 atom stereocenters. The zero-order valence-corrected chi connectivity index (χ0v) is 9.23. The summed E-state index contributed by atoms with van der Waals surface area (Å²) >= 11 is 0. The number of nitrogens with one attached hydrogen (secondary N) is 1. The van der Waals surface area contributed by atoms with E-state index in [2.05, 4.69) is 26.1 Å². The molecule has 1 saturated heterocycles. The van der Waals surface area contributed by atoms with E-state index in [0.29, 0.717) is 5.41 Å². The van der Waals surface area contributed by atoms with Crippen LogP contribution in [-0.4, -0.2) is 26.3 Å². The lowest BCUT2D eigenvalue weighted by atomic mass is 9.88. The van der Waals surface area contributed by atoms with Crippen molar-refractivity contribution in [1.82, 2.24) is 5.32 Å². The lowest BCUT2D eigenvalue weighted by Gasteiger charge is -2.38. The first-order valence-electron chi connectivity index (χ1n) is 5.48. The van der Waals surface area contributed by atoms with Gasteiger partial charge in [-0.05, 0) is 12.5 Å². The van der Waals surface area contributed by atoms with Crippen molar-refractivity contribution in [3.05, 3.63) is 0 Å². The fraction of sp³-hybridized carbons (Fsp3) is 1.00. The summed E-state index contributed by atoms with van der Waals surface area (Å²) in [5.74, 6) is 0.851. The Labute approximate surface area is 82.0 Å². The summed E-state index contributed by atoms with van der Waals surface area (Å²) in [6, 6.07) is 0. The number of hydrogen-bond acceptors (Lipinski definition) is 2. The van der Waals surface area contributed by atoms with E-state index in [1.54, 1.807) is 0 Å². The van der Waals surface area contributed by atoms with Gasteiger partial charge in [-0.15, -0.1) is 0 Å². The van der Waals surface area contributed by atoms with Crippen LogP contribution in [0.5, 0.6) is 0 Å². The Morgan fingerprint density at radius 1 is 1.31 bits per heavy atom. The maximum atomic E-state index is 5.21. The quantitative estimate of drug-likeness (QED) is 0.684. The summed E-state index contributed by atoms with van der Waals surface area (Å²) in [4.78, 5) is 0. The molecule has 1 fully saturated rings. The van der Waals surface area contributed by atoms with Gasteiger partial charge in [0.1, 0.15) is 0 Å². The lowest BCUT2D eigenvalue weighted by Crippen LogP contribution is -2.48. The molecule has 13 heavy (non-hydrogen) atoms. The van der Waals surface area contributed by atoms with Gasteiger partial charge in [0.25, 0.3) is 0 Å². The van der Waals surface area contributed by atoms with Crippen LogP contribution in [0.3, 0.4) is 0 Å². The molecule has 0 bridgehead atoms. The molecule has 0 radical (unpaired) electrons. The van der Waals surface area contributed by atoms with Gasteiger partial charge in [-0.25, -0.2) is 0 Å². The highest BCUT2D eigenvalue weighted by Crippen LogP contribution is 2.25. The zero-order chi connectivity index (χ0) is 9.73. The van der Waals surface area contributed by atoms with Gasteiger partial charge < -0.3 is 10.1 Å². The van der Waals surface area contributed by atoms with E-state index in [-0.39, 0.29) is 0 Å². The minimum atomic E-state index is 0.423. The number of hydrogen-bond donors (Lipinski definition) is 1. The van der Waals surface area contributed by atoms with Crippen LogP contribution < -0.4 is 5.32 Å². The van der Waals surface area contributed by atoms with Gasteiger partial charge in [0.15, 0.2) is 0 Å². The third kappa shape index (κ3) is 3.28. The maximum Gasteiger partial charge on any atom is 0.0554 e. The molecule has 78 valence electrons. The minimum Gasteiger partial charge on any atom is -0.380 e. The lowest BCUT2D eigenvalue weighted by molar-refractivity contribution is -0.0992. The normalized spacial score (nSPS) is 20.3. The fourth-order valence-corrected chi connectivity index (χ4v) is 1.71. The summed E-state index contributed by atoms with van der Waals surface area (Å²) in [7, 11) is 0. The van der Waals surface area contributed by atoms with Gasteiger partial charge >= 0.3 is 0 Å². The molecule has 0 aromatic rings. The predicted octanol–water partition coefficient (Wildman–Crippen LogP) is 2.05. The molecule has 1 rings (SSSR count). The largest absolute Gasteiger partial charge is 0.380 e. The van der Waals surface area contributed by atoms with Crippen molar-refractivity contribution in [3.8, 4) is 0 Å². The molecule has 2 nitrogen and oxygen atoms in total. The SMILES string of the molecule is CCC(CC)CNCC1(C)COC1. The molecule has 1 aliphatic rings. The van der Waals surface area contributed by atoms with Crippen molar-refractivity contribution in [1.29, 1.82) is 0 Å². The molecule has 0 spiro atoms. The topological polar surface area (TPSA) is 21.3 Å². The highest BCUT2D eigenvalue weighted by molar-refractivity contribution is 4.83. The molecule has 0 amide bonds. The monoisotopic (exact) mass is 185 g/mol. The Bertz CT molecular complexity index is 139. The zero-order valence-electron chi connectivity index (χ0n) is 9.23. The molecule has 0 aromatic heterocycles. The fourth-order valence-electron chi connectivity index (χ4n) is 1.71. The van der Waals surface area contributed by atoms with Crippen molar-refractivity contribution in [2.24, 2.45) is 11.3 Å². The van der Waals surface area contributed by atoms with Crippen LogP contribution in [0, 0.1) is 11.3 Å². The summed E-state index contributed by atoms with van der Waals surface area (Å²) in [5, 5.41) is 3.55. The van der Waals surface area contributed by atoms with Crippen LogP contribution in [0.25, 0.3) is 0 Å². The summed E-state index contributed by atoms with van der Waals surface area (Å²) in [6.45, 7) is 11.0. The standard InChI is InChI=1S/C11H23NO/c1-4-10(5-2)6-12-7-11(3)8-13-9-11/h10,12H,4-9H2,1-3H3. The first-order chi connectivity index (χ1) is 6.20. The van der Waals surface area contributed by atoms with E-state index < -0.39 is 0 Å². The number of ether oxygens (including phenoxy) is 1. The van der Waals surface area contributed by atoms with Gasteiger partial charge in [0, 0.05) is 12.0 Å². The highest BCUT2D eigenvalue weighted by atomic mass is 16.5. The van der Waals surface area contributed by atoms with Crippen LogP contribution in [-0.2, 0) is 4.74 Å². The average molecular weight is 185 g/mol. The van der Waals surface area contributed by atoms with E-state index in [1.165, 1.54) is 19.4 Å². The smallest absolute Gasteiger partial charge is 0.0554 e. The predicted molar refractivity (Wildman–Crippen MR) is 55.9 cm³/mol. The minimum absolute atomic E-state index is 0.423. The van der Waals surface area contributed by atoms with Crippen molar-refractivity contribution in [2.75, 3.05) is 26.3 Å². The first-order valence-corrected chi connectivity index (χ1v) is 5.48. The third-order valence-electron chi connectivity index (χ3n) is 3.04. The van der Waals surface area contributed by atoms with E-state index in [4.69, 9.17) is 4.74 Å². The Balaban J connectivity index is 2.05. The second kappa shape index (κ2) is 4.97. The Kier molecular flexibility index (Phi) is 4.20. The summed E-state index contributed by atoms with van der Waals surface area (Å²) < 4.78 is 5.21. The second-order valence-corrected chi connectivity index (χ2v) is 4.62. The maximum absolute atomic E-state index is 5.21. The van der Waals surface area contributed by atoms with Crippen LogP contribution in [0.4, 0.5) is 0 Å².